The minimum Gasteiger partial charge on any atom is -0.301 e. The SMILES string of the molecule is CCC(C)C(C)CC=NC. The van der Waals surface area contributed by atoms with Crippen LogP contribution < -0.4 is 0 Å². The highest BCUT2D eigenvalue weighted by Crippen LogP contribution is 2.16. The fraction of sp³-hybridized carbons (Fsp3) is 0.889. The molecule has 0 saturated carbocycles. The predicted octanol–water partition coefficient (Wildman–Crippen LogP) is 2.76. The van der Waals surface area contributed by atoms with Crippen molar-refractivity contribution in [2.45, 2.75) is 33.6 Å². The van der Waals surface area contributed by atoms with Gasteiger partial charge in [-0.3, -0.25) is 0 Å². The van der Waals surface area contributed by atoms with Gasteiger partial charge in [0.1, 0.15) is 0 Å². The fourth-order valence-electron chi connectivity index (χ4n) is 0.906. The lowest BCUT2D eigenvalue weighted by molar-refractivity contribution is 0.390. The molecule has 0 radical (unpaired) electrons. The lowest BCUT2D eigenvalue weighted by Crippen LogP contribution is -2.06. The predicted molar refractivity (Wildman–Crippen MR) is 47.7 cm³/mol. The monoisotopic (exact) mass is 141 g/mol. The highest BCUT2D eigenvalue weighted by Gasteiger charge is 2.07. The van der Waals surface area contributed by atoms with E-state index in [9.17, 15) is 0 Å². The molecular formula is C9H19N. The molecule has 0 aliphatic heterocycles. The van der Waals surface area contributed by atoms with Gasteiger partial charge in [-0.25, -0.2) is 0 Å². The number of nitrogens with zero attached hydrogens (tertiary/aromatic N) is 1. The van der Waals surface area contributed by atoms with Crippen LogP contribution in [0.1, 0.15) is 33.6 Å². The van der Waals surface area contributed by atoms with Crippen molar-refractivity contribution in [1.82, 2.24) is 0 Å². The van der Waals surface area contributed by atoms with Gasteiger partial charge in [-0.15, -0.1) is 0 Å². The van der Waals surface area contributed by atoms with E-state index in [1.165, 1.54) is 6.42 Å². The average Bonchev–Trinajstić information content (AvgIpc) is 1.98. The van der Waals surface area contributed by atoms with Gasteiger partial charge in [-0.2, -0.15) is 0 Å². The van der Waals surface area contributed by atoms with Gasteiger partial charge in [0, 0.05) is 7.05 Å². The van der Waals surface area contributed by atoms with Gasteiger partial charge in [-0.1, -0.05) is 27.2 Å². The van der Waals surface area contributed by atoms with Gasteiger partial charge in [0.2, 0.25) is 0 Å². The third-order valence-corrected chi connectivity index (χ3v) is 2.28. The summed E-state index contributed by atoms with van der Waals surface area (Å²) in [5, 5.41) is 0. The summed E-state index contributed by atoms with van der Waals surface area (Å²) in [6, 6.07) is 0. The quantitative estimate of drug-likeness (QED) is 0.534. The molecule has 2 unspecified atom stereocenters. The standard InChI is InChI=1S/C9H19N/c1-5-8(2)9(3)6-7-10-4/h7-9H,5-6H2,1-4H3. The Labute approximate surface area is 64.6 Å². The van der Waals surface area contributed by atoms with Crippen LogP contribution in [0.15, 0.2) is 4.99 Å². The van der Waals surface area contributed by atoms with Crippen molar-refractivity contribution in [3.63, 3.8) is 0 Å². The number of hydrogen-bond acceptors (Lipinski definition) is 1. The van der Waals surface area contributed by atoms with E-state index >= 15 is 0 Å². The summed E-state index contributed by atoms with van der Waals surface area (Å²) < 4.78 is 0. The molecule has 0 rings (SSSR count). The fourth-order valence-corrected chi connectivity index (χ4v) is 0.906. The lowest BCUT2D eigenvalue weighted by atomic mass is 9.91. The minimum atomic E-state index is 0.786. The number of rotatable bonds is 4. The molecule has 2 atom stereocenters. The summed E-state index contributed by atoms with van der Waals surface area (Å²) in [6.07, 6.45) is 4.42. The van der Waals surface area contributed by atoms with Crippen molar-refractivity contribution in [2.24, 2.45) is 16.8 Å². The summed E-state index contributed by atoms with van der Waals surface area (Å²) in [7, 11) is 1.84. The molecule has 0 aromatic rings. The maximum Gasteiger partial charge on any atom is 0.0273 e. The molecule has 0 aliphatic rings. The van der Waals surface area contributed by atoms with Gasteiger partial charge in [0.05, 0.1) is 0 Å². The Balaban J connectivity index is 3.50. The van der Waals surface area contributed by atoms with Crippen LogP contribution in [0.2, 0.25) is 0 Å². The zero-order chi connectivity index (χ0) is 7.98. The van der Waals surface area contributed by atoms with E-state index < -0.39 is 0 Å². The summed E-state index contributed by atoms with van der Waals surface area (Å²) in [6.45, 7) is 6.83. The van der Waals surface area contributed by atoms with Crippen LogP contribution >= 0.6 is 0 Å². The third-order valence-electron chi connectivity index (χ3n) is 2.28. The van der Waals surface area contributed by atoms with Gasteiger partial charge in [0.25, 0.3) is 0 Å². The highest BCUT2D eigenvalue weighted by atomic mass is 14.6. The van der Waals surface area contributed by atoms with Crippen LogP contribution in [0.3, 0.4) is 0 Å². The molecule has 1 nitrogen and oxygen atoms in total. The Kier molecular flexibility index (Phi) is 5.27. The average molecular weight is 141 g/mol. The molecule has 0 heterocycles. The first-order valence-corrected chi connectivity index (χ1v) is 4.13. The summed E-state index contributed by atoms with van der Waals surface area (Å²) in [5.41, 5.74) is 0. The van der Waals surface area contributed by atoms with E-state index in [1.807, 2.05) is 13.3 Å². The van der Waals surface area contributed by atoms with E-state index in [4.69, 9.17) is 0 Å². The summed E-state index contributed by atoms with van der Waals surface area (Å²) in [5.74, 6) is 1.62. The van der Waals surface area contributed by atoms with Crippen molar-refractivity contribution < 1.29 is 0 Å². The van der Waals surface area contributed by atoms with Crippen LogP contribution in [0.4, 0.5) is 0 Å². The normalized spacial score (nSPS) is 17.6. The maximum absolute atomic E-state index is 3.97. The molecule has 0 N–H and O–H groups in total. The first-order chi connectivity index (χ1) is 4.72. The molecule has 60 valence electrons. The molecule has 0 aromatic carbocycles. The molecular weight excluding hydrogens is 122 g/mol. The maximum atomic E-state index is 3.97. The molecule has 0 fully saturated rings. The van der Waals surface area contributed by atoms with Crippen molar-refractivity contribution in [2.75, 3.05) is 7.05 Å². The molecule has 0 aliphatic carbocycles. The Morgan fingerprint density at radius 1 is 1.30 bits per heavy atom. The van der Waals surface area contributed by atoms with Crippen LogP contribution in [-0.4, -0.2) is 13.3 Å². The molecule has 0 aromatic heterocycles. The van der Waals surface area contributed by atoms with E-state index in [0.717, 1.165) is 18.3 Å². The van der Waals surface area contributed by atoms with E-state index in [1.54, 1.807) is 0 Å². The third kappa shape index (κ3) is 3.65. The van der Waals surface area contributed by atoms with Gasteiger partial charge < -0.3 is 4.99 Å². The van der Waals surface area contributed by atoms with Crippen LogP contribution in [0, 0.1) is 11.8 Å². The second kappa shape index (κ2) is 5.45. The van der Waals surface area contributed by atoms with Gasteiger partial charge >= 0.3 is 0 Å². The van der Waals surface area contributed by atoms with Crippen LogP contribution in [-0.2, 0) is 0 Å². The molecule has 1 heteroatoms. The largest absolute Gasteiger partial charge is 0.301 e. The number of aliphatic imine (C=N–C) groups is 1. The second-order valence-corrected chi connectivity index (χ2v) is 3.04. The van der Waals surface area contributed by atoms with Gasteiger partial charge in [-0.05, 0) is 24.5 Å². The van der Waals surface area contributed by atoms with Crippen molar-refractivity contribution in [3.8, 4) is 0 Å². The van der Waals surface area contributed by atoms with Crippen molar-refractivity contribution in [3.05, 3.63) is 0 Å². The zero-order valence-corrected chi connectivity index (χ0v) is 7.59. The molecule has 10 heavy (non-hydrogen) atoms. The Morgan fingerprint density at radius 2 is 1.90 bits per heavy atom. The minimum absolute atomic E-state index is 0.786. The van der Waals surface area contributed by atoms with E-state index in [0.29, 0.717) is 0 Å². The smallest absolute Gasteiger partial charge is 0.0273 e. The van der Waals surface area contributed by atoms with E-state index in [2.05, 4.69) is 25.8 Å². The van der Waals surface area contributed by atoms with Crippen molar-refractivity contribution >= 4 is 6.21 Å². The Bertz CT molecular complexity index is 96.9. The van der Waals surface area contributed by atoms with Crippen molar-refractivity contribution in [1.29, 1.82) is 0 Å². The van der Waals surface area contributed by atoms with E-state index in [-0.39, 0.29) is 0 Å². The lowest BCUT2D eigenvalue weighted by Gasteiger charge is -2.15. The molecule has 0 amide bonds. The second-order valence-electron chi connectivity index (χ2n) is 3.04. The first-order valence-electron chi connectivity index (χ1n) is 4.13. The topological polar surface area (TPSA) is 12.4 Å². The Morgan fingerprint density at radius 3 is 2.30 bits per heavy atom. The zero-order valence-electron chi connectivity index (χ0n) is 7.59. The van der Waals surface area contributed by atoms with Crippen LogP contribution in [0.5, 0.6) is 0 Å². The highest BCUT2D eigenvalue weighted by molar-refractivity contribution is 5.57. The number of hydrogen-bond donors (Lipinski definition) is 0. The molecule has 0 spiro atoms. The molecule has 0 bridgehead atoms. The molecule has 0 saturated heterocycles. The summed E-state index contributed by atoms with van der Waals surface area (Å²) >= 11 is 0. The first kappa shape index (κ1) is 9.67. The van der Waals surface area contributed by atoms with Gasteiger partial charge in [0.15, 0.2) is 0 Å². The Hall–Kier alpha value is -0.330. The summed E-state index contributed by atoms with van der Waals surface area (Å²) in [4.78, 5) is 3.97. The van der Waals surface area contributed by atoms with Crippen LogP contribution in [0.25, 0.3) is 0 Å².